The molecule has 2 rings (SSSR count). The van der Waals surface area contributed by atoms with Crippen molar-refractivity contribution >= 4 is 6.09 Å². The number of nitrogens with one attached hydrogen (secondary N) is 1. The lowest BCUT2D eigenvalue weighted by atomic mass is 10.2. The molecule has 0 radical (unpaired) electrons. The quantitative estimate of drug-likeness (QED) is 0.675. The number of rotatable bonds is 1. The zero-order chi connectivity index (χ0) is 9.69. The molecule has 0 aromatic rings. The van der Waals surface area contributed by atoms with E-state index in [1.54, 1.807) is 0 Å². The molecule has 74 valence electrons. The maximum absolute atomic E-state index is 11.3. The zero-order valence-electron chi connectivity index (χ0n) is 8.52. The van der Waals surface area contributed by atoms with Crippen LogP contribution in [0.4, 0.5) is 4.79 Å². The van der Waals surface area contributed by atoms with Crippen molar-refractivity contribution in [2.24, 2.45) is 5.41 Å². The Labute approximate surface area is 78.8 Å². The van der Waals surface area contributed by atoms with E-state index in [0.29, 0.717) is 11.5 Å². The first-order valence-corrected chi connectivity index (χ1v) is 4.91. The first kappa shape index (κ1) is 8.85. The van der Waals surface area contributed by atoms with Crippen LogP contribution in [-0.2, 0) is 4.74 Å². The SMILES string of the molecule is CC(C)(C)OC(=O)NC1CC12CC2. The molecule has 2 aliphatic carbocycles. The van der Waals surface area contributed by atoms with Crippen molar-refractivity contribution in [1.82, 2.24) is 5.32 Å². The zero-order valence-corrected chi connectivity index (χ0v) is 8.52. The predicted molar refractivity (Wildman–Crippen MR) is 49.4 cm³/mol. The molecule has 0 bridgehead atoms. The third kappa shape index (κ3) is 1.95. The highest BCUT2D eigenvalue weighted by Gasteiger charge is 2.63. The van der Waals surface area contributed by atoms with Gasteiger partial charge in [0.05, 0.1) is 0 Å². The molecule has 3 nitrogen and oxygen atoms in total. The van der Waals surface area contributed by atoms with E-state index >= 15 is 0 Å². The van der Waals surface area contributed by atoms with E-state index in [4.69, 9.17) is 4.74 Å². The van der Waals surface area contributed by atoms with Crippen LogP contribution in [0.1, 0.15) is 40.0 Å². The monoisotopic (exact) mass is 183 g/mol. The van der Waals surface area contributed by atoms with Crippen LogP contribution in [0.3, 0.4) is 0 Å². The molecule has 1 amide bonds. The van der Waals surface area contributed by atoms with Gasteiger partial charge in [-0.3, -0.25) is 0 Å². The second-order valence-electron chi connectivity index (χ2n) is 5.27. The summed E-state index contributed by atoms with van der Waals surface area (Å²) < 4.78 is 5.16. The van der Waals surface area contributed by atoms with Gasteiger partial charge in [0.15, 0.2) is 0 Å². The first-order chi connectivity index (χ1) is 5.91. The summed E-state index contributed by atoms with van der Waals surface area (Å²) in [6, 6.07) is 0.405. The van der Waals surface area contributed by atoms with Gasteiger partial charge in [0.2, 0.25) is 0 Å². The van der Waals surface area contributed by atoms with Crippen molar-refractivity contribution < 1.29 is 9.53 Å². The number of carbonyl (C=O) groups excluding carboxylic acids is 1. The average molecular weight is 183 g/mol. The molecule has 1 unspecified atom stereocenters. The number of carbonyl (C=O) groups is 1. The van der Waals surface area contributed by atoms with Gasteiger partial charge in [-0.1, -0.05) is 0 Å². The third-order valence-corrected chi connectivity index (χ3v) is 2.77. The molecular weight excluding hydrogens is 166 g/mol. The molecule has 0 heterocycles. The summed E-state index contributed by atoms with van der Waals surface area (Å²) in [6.45, 7) is 5.64. The number of hydrogen-bond acceptors (Lipinski definition) is 2. The van der Waals surface area contributed by atoms with E-state index in [-0.39, 0.29) is 11.7 Å². The normalized spacial score (nSPS) is 28.4. The molecule has 0 aromatic heterocycles. The highest BCUT2D eigenvalue weighted by molar-refractivity contribution is 5.69. The molecule has 13 heavy (non-hydrogen) atoms. The molecule has 0 aliphatic heterocycles. The fourth-order valence-electron chi connectivity index (χ4n) is 1.71. The van der Waals surface area contributed by atoms with Gasteiger partial charge in [0, 0.05) is 6.04 Å². The van der Waals surface area contributed by atoms with Crippen LogP contribution in [-0.4, -0.2) is 17.7 Å². The lowest BCUT2D eigenvalue weighted by molar-refractivity contribution is 0.0520. The number of hydrogen-bond donors (Lipinski definition) is 1. The van der Waals surface area contributed by atoms with E-state index in [1.807, 2.05) is 20.8 Å². The van der Waals surface area contributed by atoms with Crippen molar-refractivity contribution in [3.05, 3.63) is 0 Å². The summed E-state index contributed by atoms with van der Waals surface area (Å²) in [5, 5.41) is 2.90. The van der Waals surface area contributed by atoms with Gasteiger partial charge in [-0.05, 0) is 45.4 Å². The van der Waals surface area contributed by atoms with Crippen molar-refractivity contribution in [3.8, 4) is 0 Å². The molecule has 3 heteroatoms. The van der Waals surface area contributed by atoms with Gasteiger partial charge in [-0.15, -0.1) is 0 Å². The fraction of sp³-hybridized carbons (Fsp3) is 0.900. The van der Waals surface area contributed by atoms with Crippen molar-refractivity contribution in [1.29, 1.82) is 0 Å². The van der Waals surface area contributed by atoms with Crippen LogP contribution < -0.4 is 5.32 Å². The van der Waals surface area contributed by atoms with E-state index in [0.717, 1.165) is 6.42 Å². The highest BCUT2D eigenvalue weighted by Crippen LogP contribution is 2.65. The van der Waals surface area contributed by atoms with Gasteiger partial charge in [-0.2, -0.15) is 0 Å². The van der Waals surface area contributed by atoms with Crippen molar-refractivity contribution in [2.45, 2.75) is 51.7 Å². The molecule has 0 saturated heterocycles. The largest absolute Gasteiger partial charge is 0.444 e. The van der Waals surface area contributed by atoms with E-state index in [1.165, 1.54) is 12.8 Å². The molecule has 0 aromatic carbocycles. The smallest absolute Gasteiger partial charge is 0.407 e. The summed E-state index contributed by atoms with van der Waals surface area (Å²) in [4.78, 5) is 11.3. The fourth-order valence-corrected chi connectivity index (χ4v) is 1.71. The van der Waals surface area contributed by atoms with Crippen molar-refractivity contribution in [2.75, 3.05) is 0 Å². The van der Waals surface area contributed by atoms with Crippen LogP contribution in [0.25, 0.3) is 0 Å². The Balaban J connectivity index is 1.73. The van der Waals surface area contributed by atoms with Gasteiger partial charge < -0.3 is 10.1 Å². The van der Waals surface area contributed by atoms with Crippen LogP contribution in [0.15, 0.2) is 0 Å². The standard InChI is InChI=1S/C10H17NO2/c1-9(2,3)13-8(12)11-7-6-10(7)4-5-10/h7H,4-6H2,1-3H3,(H,11,12). The Hall–Kier alpha value is -0.730. The number of ether oxygens (including phenoxy) is 1. The molecule has 2 aliphatic rings. The Morgan fingerprint density at radius 3 is 2.46 bits per heavy atom. The summed E-state index contributed by atoms with van der Waals surface area (Å²) in [7, 11) is 0. The van der Waals surface area contributed by atoms with E-state index < -0.39 is 0 Å². The van der Waals surface area contributed by atoms with E-state index in [2.05, 4.69) is 5.32 Å². The van der Waals surface area contributed by atoms with Gasteiger partial charge in [0.25, 0.3) is 0 Å². The van der Waals surface area contributed by atoms with Gasteiger partial charge in [-0.25, -0.2) is 4.79 Å². The Kier molecular flexibility index (Phi) is 1.63. The average Bonchev–Trinajstić information content (AvgIpc) is 2.72. The molecule has 1 spiro atoms. The maximum atomic E-state index is 11.3. The topological polar surface area (TPSA) is 38.3 Å². The molecular formula is C10H17NO2. The lowest BCUT2D eigenvalue weighted by Gasteiger charge is -2.19. The van der Waals surface area contributed by atoms with Crippen LogP contribution in [0.5, 0.6) is 0 Å². The van der Waals surface area contributed by atoms with E-state index in [9.17, 15) is 4.79 Å². The summed E-state index contributed by atoms with van der Waals surface area (Å²) in [5.41, 5.74) is 0.132. The molecule has 2 fully saturated rings. The highest BCUT2D eigenvalue weighted by atomic mass is 16.6. The Morgan fingerprint density at radius 1 is 1.46 bits per heavy atom. The minimum atomic E-state index is -0.379. The molecule has 1 atom stereocenters. The molecule has 1 N–H and O–H groups in total. The summed E-state index contributed by atoms with van der Waals surface area (Å²) >= 11 is 0. The Bertz CT molecular complexity index is 238. The van der Waals surface area contributed by atoms with Gasteiger partial charge in [0.1, 0.15) is 5.60 Å². The second-order valence-corrected chi connectivity index (χ2v) is 5.27. The van der Waals surface area contributed by atoms with Crippen molar-refractivity contribution in [3.63, 3.8) is 0 Å². The van der Waals surface area contributed by atoms with Crippen LogP contribution >= 0.6 is 0 Å². The summed E-state index contributed by atoms with van der Waals surface area (Å²) in [6.07, 6.45) is 3.47. The lowest BCUT2D eigenvalue weighted by Crippen LogP contribution is -2.34. The number of alkyl carbamates (subject to hydrolysis) is 1. The minimum absolute atomic E-state index is 0.263. The molecule has 2 saturated carbocycles. The Morgan fingerprint density at radius 2 is 2.08 bits per heavy atom. The summed E-state index contributed by atoms with van der Waals surface area (Å²) in [5.74, 6) is 0. The number of amides is 1. The predicted octanol–water partition coefficient (Wildman–Crippen LogP) is 2.06. The third-order valence-electron chi connectivity index (χ3n) is 2.77. The van der Waals surface area contributed by atoms with Gasteiger partial charge >= 0.3 is 6.09 Å². The maximum Gasteiger partial charge on any atom is 0.407 e. The van der Waals surface area contributed by atoms with Crippen LogP contribution in [0.2, 0.25) is 0 Å². The first-order valence-electron chi connectivity index (χ1n) is 4.91. The minimum Gasteiger partial charge on any atom is -0.444 e. The second kappa shape index (κ2) is 2.40. The van der Waals surface area contributed by atoms with Crippen LogP contribution in [0, 0.1) is 5.41 Å².